The van der Waals surface area contributed by atoms with Crippen molar-refractivity contribution in [3.63, 3.8) is 0 Å². The topological polar surface area (TPSA) is 73.0 Å². The van der Waals surface area contributed by atoms with E-state index in [1.54, 1.807) is 0 Å². The van der Waals surface area contributed by atoms with Gasteiger partial charge in [0.15, 0.2) is 0 Å². The lowest BCUT2D eigenvalue weighted by molar-refractivity contribution is 0.208. The molecule has 0 amide bonds. The molecule has 2 aliphatic heterocycles. The number of aryl methyl sites for hydroxylation is 2. The van der Waals surface area contributed by atoms with Crippen LogP contribution in [0.5, 0.6) is 0 Å². The van der Waals surface area contributed by atoms with Crippen LogP contribution in [-0.4, -0.2) is 63.5 Å². The summed E-state index contributed by atoms with van der Waals surface area (Å²) in [4.78, 5) is 2.60. The first-order chi connectivity index (χ1) is 15.4. The minimum atomic E-state index is -2.79. The highest BCUT2D eigenvalue weighted by Crippen LogP contribution is 2.48. The molecule has 7 nitrogen and oxygen atoms in total. The summed E-state index contributed by atoms with van der Waals surface area (Å²) in [6.07, 6.45) is 9.91. The van der Waals surface area contributed by atoms with Gasteiger partial charge in [0.05, 0.1) is 35.6 Å². The van der Waals surface area contributed by atoms with Crippen molar-refractivity contribution in [2.75, 3.05) is 24.6 Å². The summed E-state index contributed by atoms with van der Waals surface area (Å²) in [5.74, 6) is 2.81. The maximum absolute atomic E-state index is 11.8. The molecule has 1 saturated carbocycles. The number of hydrogen-bond donors (Lipinski definition) is 0. The van der Waals surface area contributed by atoms with Crippen molar-refractivity contribution in [3.05, 3.63) is 41.9 Å². The summed E-state index contributed by atoms with van der Waals surface area (Å²) in [6.45, 7) is 4.51. The molecule has 1 aromatic carbocycles. The van der Waals surface area contributed by atoms with Gasteiger partial charge in [-0.2, -0.15) is 10.2 Å². The molecule has 3 fully saturated rings. The molecule has 3 aromatic rings. The van der Waals surface area contributed by atoms with Gasteiger partial charge in [-0.05, 0) is 73.6 Å². The van der Waals surface area contributed by atoms with E-state index in [0.29, 0.717) is 23.5 Å². The SMILES string of the molecule is Cc1cc2cnn(-c3cnn(C)c3)c2cc1C1CC2CN(C3CCS(=O)(=O)CC3)C[C@H]2C1.[HH]. The maximum atomic E-state index is 11.8. The highest BCUT2D eigenvalue weighted by molar-refractivity contribution is 7.91. The molecule has 6 rings (SSSR count). The number of hydrogen-bond acceptors (Lipinski definition) is 5. The van der Waals surface area contributed by atoms with Gasteiger partial charge in [-0.15, -0.1) is 0 Å². The Labute approximate surface area is 190 Å². The Bertz CT molecular complexity index is 1260. The minimum absolute atomic E-state index is 0. The van der Waals surface area contributed by atoms with E-state index in [9.17, 15) is 8.42 Å². The highest BCUT2D eigenvalue weighted by Gasteiger charge is 2.44. The number of benzene rings is 1. The van der Waals surface area contributed by atoms with Crippen LogP contribution in [0.25, 0.3) is 16.6 Å². The predicted molar refractivity (Wildman–Crippen MR) is 127 cm³/mol. The van der Waals surface area contributed by atoms with Crippen LogP contribution in [-0.2, 0) is 16.9 Å². The molecule has 1 aliphatic carbocycles. The van der Waals surface area contributed by atoms with Gasteiger partial charge >= 0.3 is 0 Å². The first-order valence-electron chi connectivity index (χ1n) is 11.8. The number of likely N-dealkylation sites (tertiary alicyclic amines) is 1. The van der Waals surface area contributed by atoms with Crippen LogP contribution < -0.4 is 0 Å². The van der Waals surface area contributed by atoms with E-state index in [0.717, 1.165) is 49.0 Å². The summed E-state index contributed by atoms with van der Waals surface area (Å²) in [5.41, 5.74) is 4.97. The van der Waals surface area contributed by atoms with Gasteiger partial charge in [0.25, 0.3) is 0 Å². The molecule has 8 heteroatoms. The van der Waals surface area contributed by atoms with E-state index in [2.05, 4.69) is 34.2 Å². The van der Waals surface area contributed by atoms with Crippen molar-refractivity contribution in [3.8, 4) is 5.69 Å². The van der Waals surface area contributed by atoms with Crippen LogP contribution in [0.15, 0.2) is 30.7 Å². The maximum Gasteiger partial charge on any atom is 0.150 e. The van der Waals surface area contributed by atoms with Crippen LogP contribution >= 0.6 is 0 Å². The molecule has 2 aromatic heterocycles. The number of fused-ring (bicyclic) bond motifs is 2. The second-order valence-corrected chi connectivity index (χ2v) is 12.5. The summed E-state index contributed by atoms with van der Waals surface area (Å²) >= 11 is 0. The summed E-state index contributed by atoms with van der Waals surface area (Å²) in [7, 11) is -0.860. The average molecular weight is 456 g/mol. The zero-order chi connectivity index (χ0) is 22.0. The van der Waals surface area contributed by atoms with Crippen molar-refractivity contribution < 1.29 is 9.84 Å². The van der Waals surface area contributed by atoms with Crippen molar-refractivity contribution in [1.82, 2.24) is 24.5 Å². The van der Waals surface area contributed by atoms with Crippen molar-refractivity contribution >= 4 is 20.7 Å². The van der Waals surface area contributed by atoms with Crippen LogP contribution in [0.3, 0.4) is 0 Å². The monoisotopic (exact) mass is 455 g/mol. The van der Waals surface area contributed by atoms with Gasteiger partial charge < -0.3 is 0 Å². The summed E-state index contributed by atoms with van der Waals surface area (Å²) < 4.78 is 27.4. The quantitative estimate of drug-likeness (QED) is 0.606. The third-order valence-corrected chi connectivity index (χ3v) is 9.87. The van der Waals surface area contributed by atoms with E-state index < -0.39 is 9.84 Å². The lowest BCUT2D eigenvalue weighted by Crippen LogP contribution is -2.40. The average Bonchev–Trinajstić information content (AvgIpc) is 3.50. The van der Waals surface area contributed by atoms with E-state index >= 15 is 0 Å². The Hall–Kier alpha value is -2.19. The molecular weight excluding hydrogens is 422 g/mol. The Morgan fingerprint density at radius 2 is 1.75 bits per heavy atom. The fourth-order valence-corrected chi connectivity index (χ4v) is 7.96. The van der Waals surface area contributed by atoms with Gasteiger partial charge in [0.2, 0.25) is 0 Å². The second kappa shape index (κ2) is 7.42. The first-order valence-corrected chi connectivity index (χ1v) is 13.6. The van der Waals surface area contributed by atoms with E-state index in [-0.39, 0.29) is 1.43 Å². The lowest BCUT2D eigenvalue weighted by Gasteiger charge is -2.32. The Morgan fingerprint density at radius 1 is 1.03 bits per heavy atom. The molecule has 32 heavy (non-hydrogen) atoms. The second-order valence-electron chi connectivity index (χ2n) is 10.2. The van der Waals surface area contributed by atoms with Gasteiger partial charge in [-0.1, -0.05) is 0 Å². The fourth-order valence-electron chi connectivity index (χ4n) is 6.50. The summed E-state index contributed by atoms with van der Waals surface area (Å²) in [5, 5.41) is 10.1. The molecule has 2 unspecified atom stereocenters. The first kappa shape index (κ1) is 20.4. The number of nitrogens with zero attached hydrogens (tertiary/aromatic N) is 5. The van der Waals surface area contributed by atoms with Crippen molar-refractivity contribution in [2.24, 2.45) is 18.9 Å². The lowest BCUT2D eigenvalue weighted by atomic mass is 9.91. The molecule has 2 saturated heterocycles. The standard InChI is InChI=1S/C24H31N5O2S.H2/c1-16-7-18-11-26-29(22-12-25-27(2)15-22)24(18)10-23(16)17-8-19-13-28(14-20(19)9-17)21-3-5-32(30,31)6-4-21;/h7,10-12,15,17,19-21H,3-6,8-9,13-14H2,1-2H3;1H/t17?,19-,20?;/m1./s1. The molecule has 172 valence electrons. The molecule has 3 atom stereocenters. The van der Waals surface area contributed by atoms with Gasteiger partial charge in [0.1, 0.15) is 15.5 Å². The van der Waals surface area contributed by atoms with Crippen LogP contribution in [0.4, 0.5) is 0 Å². The molecule has 0 spiro atoms. The molecule has 4 heterocycles. The molecule has 3 aliphatic rings. The smallest absolute Gasteiger partial charge is 0.150 e. The van der Waals surface area contributed by atoms with Crippen molar-refractivity contribution in [2.45, 2.75) is 44.6 Å². The van der Waals surface area contributed by atoms with Crippen LogP contribution in [0.2, 0.25) is 0 Å². The normalized spacial score (nSPS) is 28.5. The highest BCUT2D eigenvalue weighted by atomic mass is 32.2. The zero-order valence-corrected chi connectivity index (χ0v) is 19.6. The van der Waals surface area contributed by atoms with E-state index in [1.165, 1.54) is 29.4 Å². The molecule has 0 bridgehead atoms. The molecule has 0 N–H and O–H groups in total. The van der Waals surface area contributed by atoms with Crippen LogP contribution in [0.1, 0.15) is 44.2 Å². The fraction of sp³-hybridized carbons (Fsp3) is 0.583. The zero-order valence-electron chi connectivity index (χ0n) is 18.8. The molecule has 0 radical (unpaired) electrons. The number of aromatic nitrogens is 4. The van der Waals surface area contributed by atoms with Crippen LogP contribution in [0, 0.1) is 18.8 Å². The Balaban J connectivity index is 0.00000228. The van der Waals surface area contributed by atoms with Gasteiger partial charge in [-0.25, -0.2) is 13.1 Å². The molecular formula is C24H33N5O2S. The van der Waals surface area contributed by atoms with Gasteiger partial charge in [-0.3, -0.25) is 9.58 Å². The van der Waals surface area contributed by atoms with Gasteiger partial charge in [0, 0.05) is 33.0 Å². The third-order valence-electron chi connectivity index (χ3n) is 8.15. The number of rotatable bonds is 3. The predicted octanol–water partition coefficient (Wildman–Crippen LogP) is 3.32. The third kappa shape index (κ3) is 3.48. The summed E-state index contributed by atoms with van der Waals surface area (Å²) in [6, 6.07) is 5.11. The van der Waals surface area contributed by atoms with E-state index in [4.69, 9.17) is 0 Å². The minimum Gasteiger partial charge on any atom is -0.300 e. The Kier molecular flexibility index (Phi) is 4.73. The largest absolute Gasteiger partial charge is 0.300 e. The van der Waals surface area contributed by atoms with Crippen molar-refractivity contribution in [1.29, 1.82) is 0 Å². The number of sulfone groups is 1. The van der Waals surface area contributed by atoms with E-state index in [1.807, 2.05) is 35.0 Å². The Morgan fingerprint density at radius 3 is 2.41 bits per heavy atom.